The Kier molecular flexibility index (Phi) is 5.90. The Morgan fingerprint density at radius 2 is 2.14 bits per heavy atom. The fourth-order valence-electron chi connectivity index (χ4n) is 4.05. The second kappa shape index (κ2) is 7.49. The summed E-state index contributed by atoms with van der Waals surface area (Å²) in [5, 5.41) is 2.75. The number of carbonyl (C=O) groups excluding carboxylic acids is 1. The molecular formula is C18H30N2OS. The lowest BCUT2D eigenvalue weighted by atomic mass is 9.71. The highest BCUT2D eigenvalue weighted by molar-refractivity contribution is 7.14. The van der Waals surface area contributed by atoms with Gasteiger partial charge in [0.15, 0.2) is 0 Å². The maximum absolute atomic E-state index is 13.0. The van der Waals surface area contributed by atoms with Crippen LogP contribution < -0.4 is 10.6 Å². The lowest BCUT2D eigenvalue weighted by Gasteiger charge is -2.43. The molecule has 22 heavy (non-hydrogen) atoms. The third kappa shape index (κ3) is 3.48. The van der Waals surface area contributed by atoms with Crippen molar-refractivity contribution < 1.29 is 4.79 Å². The molecule has 0 spiro atoms. The van der Waals surface area contributed by atoms with Gasteiger partial charge in [-0.1, -0.05) is 40.5 Å². The third-order valence-electron chi connectivity index (χ3n) is 4.93. The van der Waals surface area contributed by atoms with Crippen LogP contribution in [0.25, 0.3) is 0 Å². The van der Waals surface area contributed by atoms with Crippen molar-refractivity contribution in [3.63, 3.8) is 0 Å². The van der Waals surface area contributed by atoms with Gasteiger partial charge < -0.3 is 10.6 Å². The van der Waals surface area contributed by atoms with Crippen LogP contribution in [0.2, 0.25) is 0 Å². The van der Waals surface area contributed by atoms with E-state index in [2.05, 4.69) is 27.7 Å². The Morgan fingerprint density at radius 1 is 1.41 bits per heavy atom. The molecule has 0 aromatic carbocycles. The van der Waals surface area contributed by atoms with E-state index in [4.69, 9.17) is 5.73 Å². The van der Waals surface area contributed by atoms with Crippen molar-refractivity contribution in [2.24, 2.45) is 23.7 Å². The van der Waals surface area contributed by atoms with Crippen molar-refractivity contribution in [3.8, 4) is 0 Å². The van der Waals surface area contributed by atoms with Gasteiger partial charge in [-0.15, -0.1) is 11.3 Å². The van der Waals surface area contributed by atoms with E-state index in [9.17, 15) is 4.79 Å². The summed E-state index contributed by atoms with van der Waals surface area (Å²) in [6.45, 7) is 9.80. The predicted molar refractivity (Wildman–Crippen MR) is 96.2 cm³/mol. The highest BCUT2D eigenvalue weighted by Crippen LogP contribution is 2.41. The summed E-state index contributed by atoms with van der Waals surface area (Å²) in [4.78, 5) is 15.0. The molecule has 1 aliphatic heterocycles. The number of nitrogens with zero attached hydrogens (tertiary/aromatic N) is 1. The van der Waals surface area contributed by atoms with Crippen LogP contribution >= 0.6 is 11.3 Å². The van der Waals surface area contributed by atoms with Gasteiger partial charge in [0.2, 0.25) is 5.91 Å². The number of carbonyl (C=O) groups is 1. The van der Waals surface area contributed by atoms with Crippen LogP contribution in [-0.2, 0) is 4.79 Å². The normalized spacial score (nSPS) is 26.0. The molecule has 4 heteroatoms. The minimum atomic E-state index is 0.159. The van der Waals surface area contributed by atoms with Gasteiger partial charge in [-0.3, -0.25) is 4.79 Å². The van der Waals surface area contributed by atoms with Crippen molar-refractivity contribution in [2.45, 2.75) is 53.4 Å². The van der Waals surface area contributed by atoms with Gasteiger partial charge in [0, 0.05) is 12.5 Å². The van der Waals surface area contributed by atoms with Gasteiger partial charge in [-0.2, -0.15) is 0 Å². The second-order valence-corrected chi connectivity index (χ2v) is 7.92. The van der Waals surface area contributed by atoms with Gasteiger partial charge in [0.1, 0.15) is 5.00 Å². The van der Waals surface area contributed by atoms with E-state index in [-0.39, 0.29) is 5.92 Å². The second-order valence-electron chi connectivity index (χ2n) is 6.98. The van der Waals surface area contributed by atoms with E-state index in [0.29, 0.717) is 23.7 Å². The van der Waals surface area contributed by atoms with Gasteiger partial charge >= 0.3 is 0 Å². The average molecular weight is 323 g/mol. The van der Waals surface area contributed by atoms with Crippen molar-refractivity contribution in [2.75, 3.05) is 17.2 Å². The Balaban J connectivity index is 2.32. The molecule has 124 valence electrons. The first-order valence-electron chi connectivity index (χ1n) is 8.63. The molecular weight excluding hydrogens is 292 g/mol. The maximum Gasteiger partial charge on any atom is 0.230 e. The Morgan fingerprint density at radius 3 is 2.64 bits per heavy atom. The molecule has 1 fully saturated rings. The average Bonchev–Trinajstić information content (AvgIpc) is 2.88. The number of amides is 1. The predicted octanol–water partition coefficient (Wildman–Crippen LogP) is 4.78. The first-order valence-corrected chi connectivity index (χ1v) is 9.51. The number of nitrogen functional groups attached to an aromatic ring is 1. The Labute approximate surface area is 138 Å². The van der Waals surface area contributed by atoms with Crippen LogP contribution in [0.3, 0.4) is 0 Å². The number of hydrogen-bond acceptors (Lipinski definition) is 3. The molecule has 1 aromatic heterocycles. The van der Waals surface area contributed by atoms with Gasteiger partial charge in [-0.05, 0) is 42.0 Å². The molecule has 0 saturated carbocycles. The molecule has 2 rings (SSSR count). The molecule has 1 amide bonds. The van der Waals surface area contributed by atoms with Crippen molar-refractivity contribution in [1.82, 2.24) is 0 Å². The summed E-state index contributed by atoms with van der Waals surface area (Å²) < 4.78 is 0. The summed E-state index contributed by atoms with van der Waals surface area (Å²) in [5.41, 5.74) is 7.02. The summed E-state index contributed by atoms with van der Waals surface area (Å²) >= 11 is 1.52. The number of rotatable bonds is 6. The summed E-state index contributed by atoms with van der Waals surface area (Å²) in [5.74, 6) is 2.21. The van der Waals surface area contributed by atoms with Crippen molar-refractivity contribution in [1.29, 1.82) is 0 Å². The van der Waals surface area contributed by atoms with E-state index in [1.54, 1.807) is 0 Å². The van der Waals surface area contributed by atoms with Gasteiger partial charge in [-0.25, -0.2) is 0 Å². The highest BCUT2D eigenvalue weighted by Gasteiger charge is 2.42. The molecule has 3 unspecified atom stereocenters. The smallest absolute Gasteiger partial charge is 0.230 e. The minimum Gasteiger partial charge on any atom is -0.389 e. The largest absolute Gasteiger partial charge is 0.389 e. The first kappa shape index (κ1) is 17.3. The quantitative estimate of drug-likeness (QED) is 0.819. The summed E-state index contributed by atoms with van der Waals surface area (Å²) in [6.07, 6.45) is 4.34. The van der Waals surface area contributed by atoms with E-state index in [1.165, 1.54) is 17.8 Å². The number of piperidine rings is 1. The molecule has 2 N–H and O–H groups in total. The SMILES string of the molecule is CCCC1C(=O)N(c2ccsc2N)CC(CC(C)C)C1CC. The fourth-order valence-corrected chi connectivity index (χ4v) is 4.69. The number of anilines is 2. The minimum absolute atomic E-state index is 0.159. The van der Waals surface area contributed by atoms with Gasteiger partial charge in [0.25, 0.3) is 0 Å². The summed E-state index contributed by atoms with van der Waals surface area (Å²) in [7, 11) is 0. The van der Waals surface area contributed by atoms with Crippen LogP contribution in [0.4, 0.5) is 10.7 Å². The van der Waals surface area contributed by atoms with Crippen LogP contribution in [0, 0.1) is 23.7 Å². The number of nitrogens with two attached hydrogens (primary N) is 1. The van der Waals surface area contributed by atoms with Gasteiger partial charge in [0.05, 0.1) is 5.69 Å². The van der Waals surface area contributed by atoms with Crippen molar-refractivity contribution in [3.05, 3.63) is 11.4 Å². The van der Waals surface area contributed by atoms with Crippen molar-refractivity contribution >= 4 is 27.9 Å². The standard InChI is InChI=1S/C18H30N2OS/c1-5-7-15-14(6-2)13(10-12(3)4)11-20(18(15)21)16-8-9-22-17(16)19/h8-9,12-15H,5-7,10-11,19H2,1-4H3. The number of thiophene rings is 1. The maximum atomic E-state index is 13.0. The third-order valence-corrected chi connectivity index (χ3v) is 5.67. The zero-order valence-electron chi connectivity index (χ0n) is 14.3. The van der Waals surface area contributed by atoms with E-state index < -0.39 is 0 Å². The van der Waals surface area contributed by atoms with E-state index in [1.807, 2.05) is 16.3 Å². The lowest BCUT2D eigenvalue weighted by molar-refractivity contribution is -0.127. The molecule has 1 aliphatic rings. The molecule has 0 bridgehead atoms. The molecule has 0 aliphatic carbocycles. The molecule has 3 nitrogen and oxygen atoms in total. The first-order chi connectivity index (χ1) is 10.5. The molecule has 1 saturated heterocycles. The zero-order chi connectivity index (χ0) is 16.3. The summed E-state index contributed by atoms with van der Waals surface area (Å²) in [6, 6.07) is 2.00. The molecule has 3 atom stereocenters. The van der Waals surface area contributed by atoms with Crippen LogP contribution in [0.1, 0.15) is 53.4 Å². The number of hydrogen-bond donors (Lipinski definition) is 1. The lowest BCUT2D eigenvalue weighted by Crippen LogP contribution is -2.51. The monoisotopic (exact) mass is 322 g/mol. The zero-order valence-corrected chi connectivity index (χ0v) is 15.2. The highest BCUT2D eigenvalue weighted by atomic mass is 32.1. The van der Waals surface area contributed by atoms with E-state index >= 15 is 0 Å². The molecule has 1 aromatic rings. The Hall–Kier alpha value is -1.03. The molecule has 0 radical (unpaired) electrons. The van der Waals surface area contributed by atoms with Crippen LogP contribution in [0.15, 0.2) is 11.4 Å². The van der Waals surface area contributed by atoms with Crippen LogP contribution in [-0.4, -0.2) is 12.5 Å². The Bertz CT molecular complexity index is 497. The fraction of sp³-hybridized carbons (Fsp3) is 0.722. The van der Waals surface area contributed by atoms with Crippen LogP contribution in [0.5, 0.6) is 0 Å². The van der Waals surface area contributed by atoms with E-state index in [0.717, 1.165) is 36.5 Å². The molecule has 2 heterocycles. The topological polar surface area (TPSA) is 46.3 Å².